The SMILES string of the molecule is O=C(O)C[C@H](NC(=O)c1cc(Br)cn1C1CC1)C(=O)O. The molecule has 0 aromatic carbocycles. The molecule has 8 heteroatoms. The first-order chi connectivity index (χ1) is 9.38. The number of carbonyl (C=O) groups excluding carboxylic acids is 1. The molecule has 1 amide bonds. The molecule has 0 unspecified atom stereocenters. The highest BCUT2D eigenvalue weighted by Crippen LogP contribution is 2.37. The first-order valence-electron chi connectivity index (χ1n) is 6.01. The second-order valence-electron chi connectivity index (χ2n) is 4.64. The fourth-order valence-corrected chi connectivity index (χ4v) is 2.33. The van der Waals surface area contributed by atoms with Crippen LogP contribution in [-0.2, 0) is 9.59 Å². The van der Waals surface area contributed by atoms with Gasteiger partial charge in [0.2, 0.25) is 0 Å². The summed E-state index contributed by atoms with van der Waals surface area (Å²) in [6, 6.07) is 0.402. The van der Waals surface area contributed by atoms with E-state index in [2.05, 4.69) is 21.2 Å². The number of amides is 1. The van der Waals surface area contributed by atoms with E-state index in [9.17, 15) is 14.4 Å². The number of carbonyl (C=O) groups is 3. The van der Waals surface area contributed by atoms with E-state index in [0.29, 0.717) is 5.69 Å². The Morgan fingerprint density at radius 3 is 2.55 bits per heavy atom. The number of aliphatic carboxylic acids is 2. The number of aromatic nitrogens is 1. The van der Waals surface area contributed by atoms with Crippen molar-refractivity contribution in [2.24, 2.45) is 0 Å². The smallest absolute Gasteiger partial charge is 0.326 e. The fraction of sp³-hybridized carbons (Fsp3) is 0.417. The predicted molar refractivity (Wildman–Crippen MR) is 71.5 cm³/mol. The van der Waals surface area contributed by atoms with Crippen LogP contribution in [-0.4, -0.2) is 38.7 Å². The maximum Gasteiger partial charge on any atom is 0.326 e. The highest BCUT2D eigenvalue weighted by Gasteiger charge is 2.30. The van der Waals surface area contributed by atoms with Crippen LogP contribution in [0.25, 0.3) is 0 Å². The number of halogens is 1. The average Bonchev–Trinajstić information content (AvgIpc) is 3.10. The first kappa shape index (κ1) is 14.6. The van der Waals surface area contributed by atoms with E-state index in [1.807, 2.05) is 0 Å². The third kappa shape index (κ3) is 3.38. The Hall–Kier alpha value is -1.83. The summed E-state index contributed by atoms with van der Waals surface area (Å²) < 4.78 is 2.50. The molecule has 0 aliphatic heterocycles. The third-order valence-corrected chi connectivity index (χ3v) is 3.40. The van der Waals surface area contributed by atoms with Crippen molar-refractivity contribution in [3.63, 3.8) is 0 Å². The van der Waals surface area contributed by atoms with Gasteiger partial charge in [0.05, 0.1) is 6.42 Å². The molecule has 1 aromatic heterocycles. The summed E-state index contributed by atoms with van der Waals surface area (Å²) >= 11 is 3.27. The number of carboxylic acid groups (broad SMARTS) is 2. The van der Waals surface area contributed by atoms with Gasteiger partial charge in [-0.2, -0.15) is 0 Å². The van der Waals surface area contributed by atoms with Gasteiger partial charge in [0.1, 0.15) is 11.7 Å². The Bertz CT molecular complexity index is 564. The van der Waals surface area contributed by atoms with Crippen molar-refractivity contribution in [3.05, 3.63) is 22.4 Å². The molecule has 0 spiro atoms. The Morgan fingerprint density at radius 1 is 1.40 bits per heavy atom. The number of nitrogens with zero attached hydrogens (tertiary/aromatic N) is 1. The van der Waals surface area contributed by atoms with E-state index < -0.39 is 30.3 Å². The molecular weight excluding hydrogens is 332 g/mol. The molecule has 1 fully saturated rings. The lowest BCUT2D eigenvalue weighted by Gasteiger charge is -2.13. The van der Waals surface area contributed by atoms with Gasteiger partial charge >= 0.3 is 11.9 Å². The van der Waals surface area contributed by atoms with E-state index in [4.69, 9.17) is 10.2 Å². The van der Waals surface area contributed by atoms with Gasteiger partial charge in [-0.15, -0.1) is 0 Å². The average molecular weight is 345 g/mol. The fourth-order valence-electron chi connectivity index (χ4n) is 1.89. The van der Waals surface area contributed by atoms with Crippen LogP contribution in [0, 0.1) is 0 Å². The largest absolute Gasteiger partial charge is 0.481 e. The molecule has 1 heterocycles. The van der Waals surface area contributed by atoms with Crippen molar-refractivity contribution in [1.82, 2.24) is 9.88 Å². The van der Waals surface area contributed by atoms with Crippen LogP contribution < -0.4 is 5.32 Å². The van der Waals surface area contributed by atoms with Gasteiger partial charge in [-0.05, 0) is 34.8 Å². The summed E-state index contributed by atoms with van der Waals surface area (Å²) in [6.45, 7) is 0. The van der Waals surface area contributed by atoms with Crippen LogP contribution in [0.2, 0.25) is 0 Å². The third-order valence-electron chi connectivity index (χ3n) is 2.97. The van der Waals surface area contributed by atoms with Crippen molar-refractivity contribution in [2.45, 2.75) is 31.3 Å². The van der Waals surface area contributed by atoms with Crippen molar-refractivity contribution < 1.29 is 24.6 Å². The van der Waals surface area contributed by atoms with Crippen LogP contribution in [0.15, 0.2) is 16.7 Å². The Labute approximate surface area is 122 Å². The number of hydrogen-bond acceptors (Lipinski definition) is 3. The quantitative estimate of drug-likeness (QED) is 0.719. The lowest BCUT2D eigenvalue weighted by atomic mass is 10.2. The molecule has 1 saturated carbocycles. The predicted octanol–water partition coefficient (Wildman–Crippen LogP) is 1.24. The molecule has 0 saturated heterocycles. The summed E-state index contributed by atoms with van der Waals surface area (Å²) in [4.78, 5) is 33.6. The van der Waals surface area contributed by atoms with E-state index in [1.165, 1.54) is 0 Å². The normalized spacial score (nSPS) is 15.7. The number of nitrogens with one attached hydrogen (secondary N) is 1. The molecule has 0 radical (unpaired) electrons. The highest BCUT2D eigenvalue weighted by molar-refractivity contribution is 9.10. The summed E-state index contributed by atoms with van der Waals surface area (Å²) in [5.41, 5.74) is 0.330. The minimum Gasteiger partial charge on any atom is -0.481 e. The van der Waals surface area contributed by atoms with E-state index in [1.54, 1.807) is 16.8 Å². The van der Waals surface area contributed by atoms with E-state index >= 15 is 0 Å². The van der Waals surface area contributed by atoms with Gasteiger partial charge in [-0.3, -0.25) is 9.59 Å². The first-order valence-corrected chi connectivity index (χ1v) is 6.80. The summed E-state index contributed by atoms with van der Waals surface area (Å²) in [6.07, 6.45) is 3.05. The zero-order chi connectivity index (χ0) is 14.9. The van der Waals surface area contributed by atoms with E-state index in [0.717, 1.165) is 17.3 Å². The van der Waals surface area contributed by atoms with Crippen LogP contribution in [0.3, 0.4) is 0 Å². The standard InChI is InChI=1S/C12H13BrN2O5/c13-6-3-9(15(5-6)7-1-2-7)11(18)14-8(12(19)20)4-10(16)17/h3,5,7-8H,1-2,4H2,(H,14,18)(H,16,17)(H,19,20)/t8-/m0/s1. The van der Waals surface area contributed by atoms with Crippen molar-refractivity contribution in [3.8, 4) is 0 Å². The highest BCUT2D eigenvalue weighted by atomic mass is 79.9. The summed E-state index contributed by atoms with van der Waals surface area (Å²) in [5, 5.41) is 19.8. The van der Waals surface area contributed by atoms with Crippen molar-refractivity contribution >= 4 is 33.8 Å². The zero-order valence-electron chi connectivity index (χ0n) is 10.4. The molecule has 1 aliphatic rings. The molecule has 108 valence electrons. The van der Waals surface area contributed by atoms with Crippen LogP contribution in [0.1, 0.15) is 35.8 Å². The molecular formula is C12H13BrN2O5. The molecule has 7 nitrogen and oxygen atoms in total. The minimum atomic E-state index is -1.44. The maximum atomic E-state index is 12.1. The maximum absolute atomic E-state index is 12.1. The summed E-state index contributed by atoms with van der Waals surface area (Å²) in [7, 11) is 0. The lowest BCUT2D eigenvalue weighted by Crippen LogP contribution is -2.42. The summed E-state index contributed by atoms with van der Waals surface area (Å²) in [5.74, 6) is -3.24. The second-order valence-corrected chi connectivity index (χ2v) is 5.56. The van der Waals surface area contributed by atoms with Gasteiger partial charge in [-0.25, -0.2) is 4.79 Å². The van der Waals surface area contributed by atoms with Gasteiger partial charge < -0.3 is 20.1 Å². The number of hydrogen-bond donors (Lipinski definition) is 3. The second kappa shape index (κ2) is 5.66. The molecule has 1 aliphatic carbocycles. The number of carboxylic acids is 2. The van der Waals surface area contributed by atoms with Crippen LogP contribution in [0.5, 0.6) is 0 Å². The minimum absolute atomic E-state index is 0.254. The molecule has 3 N–H and O–H groups in total. The molecule has 1 atom stereocenters. The van der Waals surface area contributed by atoms with Gasteiger partial charge in [0, 0.05) is 16.7 Å². The number of rotatable bonds is 6. The van der Waals surface area contributed by atoms with Crippen molar-refractivity contribution in [2.75, 3.05) is 0 Å². The monoisotopic (exact) mass is 344 g/mol. The molecule has 20 heavy (non-hydrogen) atoms. The van der Waals surface area contributed by atoms with Crippen LogP contribution in [0.4, 0.5) is 0 Å². The van der Waals surface area contributed by atoms with E-state index in [-0.39, 0.29) is 6.04 Å². The topological polar surface area (TPSA) is 109 Å². The molecule has 2 rings (SSSR count). The lowest BCUT2D eigenvalue weighted by molar-refractivity contribution is -0.145. The Kier molecular flexibility index (Phi) is 4.12. The van der Waals surface area contributed by atoms with Crippen LogP contribution >= 0.6 is 15.9 Å². The van der Waals surface area contributed by atoms with Gasteiger partial charge in [-0.1, -0.05) is 0 Å². The molecule has 0 bridgehead atoms. The Balaban J connectivity index is 2.14. The molecule has 1 aromatic rings. The Morgan fingerprint density at radius 2 is 2.05 bits per heavy atom. The zero-order valence-corrected chi connectivity index (χ0v) is 12.0. The van der Waals surface area contributed by atoms with Crippen molar-refractivity contribution in [1.29, 1.82) is 0 Å². The van der Waals surface area contributed by atoms with Gasteiger partial charge in [0.15, 0.2) is 0 Å². The van der Waals surface area contributed by atoms with Gasteiger partial charge in [0.25, 0.3) is 5.91 Å².